The fraction of sp³-hybridized carbons (Fsp3) is 0.214. The quantitative estimate of drug-likeness (QED) is 0.819. The third kappa shape index (κ3) is 3.75. The summed E-state index contributed by atoms with van der Waals surface area (Å²) in [4.78, 5) is 4.24. The van der Waals surface area contributed by atoms with Crippen LogP contribution in [0.4, 0.5) is 5.82 Å². The van der Waals surface area contributed by atoms with Crippen LogP contribution >= 0.6 is 11.6 Å². The van der Waals surface area contributed by atoms with Gasteiger partial charge in [-0.15, -0.1) is 11.6 Å². The van der Waals surface area contributed by atoms with E-state index in [1.54, 1.807) is 6.20 Å². The molecule has 0 bridgehead atoms. The van der Waals surface area contributed by atoms with Crippen molar-refractivity contribution < 1.29 is 0 Å². The van der Waals surface area contributed by atoms with E-state index in [9.17, 15) is 0 Å². The normalized spacial score (nSPS) is 12.1. The third-order valence-corrected chi connectivity index (χ3v) is 2.90. The van der Waals surface area contributed by atoms with Gasteiger partial charge in [-0.25, -0.2) is 4.98 Å². The molecule has 0 saturated carbocycles. The Morgan fingerprint density at radius 1 is 1.06 bits per heavy atom. The first kappa shape index (κ1) is 11.9. The third-order valence-electron chi connectivity index (χ3n) is 2.53. The summed E-state index contributed by atoms with van der Waals surface area (Å²) >= 11 is 5.98. The molecule has 0 fully saturated rings. The molecule has 0 radical (unpaired) electrons. The Bertz CT molecular complexity index is 389. The Kier molecular flexibility index (Phi) is 4.39. The van der Waals surface area contributed by atoms with E-state index in [1.165, 1.54) is 5.56 Å². The zero-order valence-electron chi connectivity index (χ0n) is 9.51. The summed E-state index contributed by atoms with van der Waals surface area (Å²) in [6, 6.07) is 16.3. The number of pyridine rings is 1. The molecule has 0 spiro atoms. The molecule has 1 atom stereocenters. The van der Waals surface area contributed by atoms with Crippen LogP contribution in [0.1, 0.15) is 5.56 Å². The van der Waals surface area contributed by atoms with Crippen LogP contribution < -0.4 is 5.32 Å². The van der Waals surface area contributed by atoms with Crippen LogP contribution in [0.15, 0.2) is 54.7 Å². The molecule has 0 aliphatic heterocycles. The predicted octanol–water partition coefficient (Wildman–Crippen LogP) is 3.34. The molecule has 1 unspecified atom stereocenters. The van der Waals surface area contributed by atoms with Gasteiger partial charge in [0.05, 0.1) is 0 Å². The molecular weight excluding hydrogens is 232 g/mol. The van der Waals surface area contributed by atoms with Gasteiger partial charge in [-0.05, 0) is 24.1 Å². The van der Waals surface area contributed by atoms with E-state index in [-0.39, 0.29) is 6.04 Å². The van der Waals surface area contributed by atoms with E-state index in [4.69, 9.17) is 11.6 Å². The van der Waals surface area contributed by atoms with E-state index >= 15 is 0 Å². The van der Waals surface area contributed by atoms with E-state index in [0.717, 1.165) is 12.2 Å². The fourth-order valence-electron chi connectivity index (χ4n) is 1.70. The average Bonchev–Trinajstić information content (AvgIpc) is 2.40. The van der Waals surface area contributed by atoms with Crippen LogP contribution in [0.2, 0.25) is 0 Å². The van der Waals surface area contributed by atoms with Crippen LogP contribution in [0.3, 0.4) is 0 Å². The van der Waals surface area contributed by atoms with Crippen LogP contribution in [0.5, 0.6) is 0 Å². The number of nitrogens with zero attached hydrogens (tertiary/aromatic N) is 1. The largest absolute Gasteiger partial charge is 0.366 e. The Morgan fingerprint density at radius 3 is 2.47 bits per heavy atom. The first-order chi connectivity index (χ1) is 8.38. The van der Waals surface area contributed by atoms with Crippen molar-refractivity contribution in [3.05, 3.63) is 60.3 Å². The van der Waals surface area contributed by atoms with E-state index in [0.29, 0.717) is 5.88 Å². The molecule has 17 heavy (non-hydrogen) atoms. The van der Waals surface area contributed by atoms with Gasteiger partial charge in [0.1, 0.15) is 5.82 Å². The number of aromatic nitrogens is 1. The monoisotopic (exact) mass is 246 g/mol. The summed E-state index contributed by atoms with van der Waals surface area (Å²) in [5.41, 5.74) is 1.28. The van der Waals surface area contributed by atoms with Crippen LogP contribution in [0, 0.1) is 0 Å². The molecule has 0 aliphatic rings. The lowest BCUT2D eigenvalue weighted by Gasteiger charge is -2.16. The summed E-state index contributed by atoms with van der Waals surface area (Å²) in [6.45, 7) is 0. The number of hydrogen-bond donors (Lipinski definition) is 1. The van der Waals surface area contributed by atoms with Crippen molar-refractivity contribution in [1.29, 1.82) is 0 Å². The van der Waals surface area contributed by atoms with Crippen molar-refractivity contribution in [1.82, 2.24) is 4.98 Å². The SMILES string of the molecule is ClCC(Cc1ccccc1)Nc1ccccn1. The summed E-state index contributed by atoms with van der Waals surface area (Å²) in [5.74, 6) is 1.43. The number of benzene rings is 1. The number of rotatable bonds is 5. The molecular formula is C14H15ClN2. The summed E-state index contributed by atoms with van der Waals surface area (Å²) in [6.07, 6.45) is 2.68. The molecule has 2 aromatic rings. The second-order valence-electron chi connectivity index (χ2n) is 3.90. The number of anilines is 1. The van der Waals surface area contributed by atoms with Crippen molar-refractivity contribution in [2.45, 2.75) is 12.5 Å². The summed E-state index contributed by atoms with van der Waals surface area (Å²) in [5, 5.41) is 3.33. The minimum absolute atomic E-state index is 0.203. The van der Waals surface area contributed by atoms with Crippen molar-refractivity contribution in [3.8, 4) is 0 Å². The van der Waals surface area contributed by atoms with E-state index in [2.05, 4.69) is 22.4 Å². The van der Waals surface area contributed by atoms with Crippen LogP contribution in [-0.4, -0.2) is 16.9 Å². The van der Waals surface area contributed by atoms with Crippen LogP contribution in [-0.2, 0) is 6.42 Å². The zero-order chi connectivity index (χ0) is 11.9. The Morgan fingerprint density at radius 2 is 1.82 bits per heavy atom. The van der Waals surface area contributed by atoms with Crippen LogP contribution in [0.25, 0.3) is 0 Å². The minimum Gasteiger partial charge on any atom is -0.366 e. The number of hydrogen-bond acceptors (Lipinski definition) is 2. The van der Waals surface area contributed by atoms with Gasteiger partial charge in [-0.1, -0.05) is 36.4 Å². The maximum Gasteiger partial charge on any atom is 0.126 e. The highest BCUT2D eigenvalue weighted by Crippen LogP contribution is 2.09. The van der Waals surface area contributed by atoms with Crippen molar-refractivity contribution >= 4 is 17.4 Å². The Balaban J connectivity index is 1.98. The maximum atomic E-state index is 5.98. The van der Waals surface area contributed by atoms with Gasteiger partial charge in [0.15, 0.2) is 0 Å². The Labute approximate surface area is 107 Å². The van der Waals surface area contributed by atoms with Gasteiger partial charge < -0.3 is 5.32 Å². The standard InChI is InChI=1S/C14H15ClN2/c15-11-13(10-12-6-2-1-3-7-12)17-14-8-4-5-9-16-14/h1-9,13H,10-11H2,(H,16,17). The van der Waals surface area contributed by atoms with Crippen molar-refractivity contribution in [2.24, 2.45) is 0 Å². The van der Waals surface area contributed by atoms with E-state index < -0.39 is 0 Å². The zero-order valence-corrected chi connectivity index (χ0v) is 10.3. The molecule has 1 aromatic carbocycles. The topological polar surface area (TPSA) is 24.9 Å². The lowest BCUT2D eigenvalue weighted by molar-refractivity contribution is 0.791. The lowest BCUT2D eigenvalue weighted by atomic mass is 10.1. The van der Waals surface area contributed by atoms with Gasteiger partial charge in [-0.2, -0.15) is 0 Å². The first-order valence-corrected chi connectivity index (χ1v) is 6.19. The minimum atomic E-state index is 0.203. The fourth-order valence-corrected chi connectivity index (χ4v) is 1.89. The van der Waals surface area contributed by atoms with Gasteiger partial charge in [0.2, 0.25) is 0 Å². The van der Waals surface area contributed by atoms with Gasteiger partial charge in [0.25, 0.3) is 0 Å². The molecule has 1 aromatic heterocycles. The highest BCUT2D eigenvalue weighted by atomic mass is 35.5. The highest BCUT2D eigenvalue weighted by Gasteiger charge is 2.08. The second kappa shape index (κ2) is 6.26. The maximum absolute atomic E-state index is 5.98. The van der Waals surface area contributed by atoms with E-state index in [1.807, 2.05) is 36.4 Å². The Hall–Kier alpha value is -1.54. The number of alkyl halides is 1. The second-order valence-corrected chi connectivity index (χ2v) is 4.21. The molecule has 3 heteroatoms. The molecule has 88 valence electrons. The molecule has 1 heterocycles. The molecule has 0 amide bonds. The van der Waals surface area contributed by atoms with Gasteiger partial charge >= 0.3 is 0 Å². The molecule has 2 rings (SSSR count). The highest BCUT2D eigenvalue weighted by molar-refractivity contribution is 6.18. The molecule has 0 aliphatic carbocycles. The molecule has 1 N–H and O–H groups in total. The number of halogens is 1. The predicted molar refractivity (Wildman–Crippen MR) is 72.5 cm³/mol. The summed E-state index contributed by atoms with van der Waals surface area (Å²) in [7, 11) is 0. The van der Waals surface area contributed by atoms with Crippen molar-refractivity contribution in [2.75, 3.05) is 11.2 Å². The summed E-state index contributed by atoms with van der Waals surface area (Å²) < 4.78 is 0. The first-order valence-electron chi connectivity index (χ1n) is 5.66. The average molecular weight is 247 g/mol. The lowest BCUT2D eigenvalue weighted by Crippen LogP contribution is -2.24. The molecule has 0 saturated heterocycles. The number of nitrogens with one attached hydrogen (secondary N) is 1. The van der Waals surface area contributed by atoms with Crippen molar-refractivity contribution in [3.63, 3.8) is 0 Å². The van der Waals surface area contributed by atoms with Gasteiger partial charge in [-0.3, -0.25) is 0 Å². The van der Waals surface area contributed by atoms with Gasteiger partial charge in [0, 0.05) is 18.1 Å². The smallest absolute Gasteiger partial charge is 0.126 e. The molecule has 2 nitrogen and oxygen atoms in total.